The molecule has 1 N–H and O–H groups in total. The van der Waals surface area contributed by atoms with E-state index in [1.807, 2.05) is 32.0 Å². The van der Waals surface area contributed by atoms with Gasteiger partial charge in [-0.25, -0.2) is 9.97 Å². The van der Waals surface area contributed by atoms with Crippen molar-refractivity contribution in [2.45, 2.75) is 13.3 Å². The minimum Gasteiger partial charge on any atom is -0.347 e. The third-order valence-corrected chi connectivity index (χ3v) is 2.25. The maximum absolute atomic E-state index is 4.41. The van der Waals surface area contributed by atoms with E-state index >= 15 is 0 Å². The Hall–Kier alpha value is -2.31. The normalized spacial score (nSPS) is 10.2. The Morgan fingerprint density at radius 3 is 2.67 bits per heavy atom. The number of nitrogens with zero attached hydrogens (tertiary/aromatic N) is 6. The van der Waals surface area contributed by atoms with E-state index < -0.39 is 0 Å². The molecule has 2 heterocycles. The quantitative estimate of drug-likeness (QED) is 0.861. The van der Waals surface area contributed by atoms with Crippen LogP contribution in [-0.4, -0.2) is 39.2 Å². The molecule has 0 bridgehead atoms. The summed E-state index contributed by atoms with van der Waals surface area (Å²) in [6, 6.07) is 1.88. The molecule has 0 saturated heterocycles. The predicted octanol–water partition coefficient (Wildman–Crippen LogP) is 1.03. The van der Waals surface area contributed by atoms with Crippen LogP contribution in [0, 0.1) is 0 Å². The summed E-state index contributed by atoms with van der Waals surface area (Å²) in [4.78, 5) is 14.7. The van der Waals surface area contributed by atoms with Crippen molar-refractivity contribution in [3.63, 3.8) is 0 Å². The van der Waals surface area contributed by atoms with Crippen LogP contribution >= 0.6 is 0 Å². The summed E-state index contributed by atoms with van der Waals surface area (Å²) in [7, 11) is 3.80. The minimum absolute atomic E-state index is 0.419. The van der Waals surface area contributed by atoms with Gasteiger partial charge in [-0.3, -0.25) is 0 Å². The van der Waals surface area contributed by atoms with Gasteiger partial charge in [-0.2, -0.15) is 10.1 Å². The van der Waals surface area contributed by atoms with Gasteiger partial charge in [0.1, 0.15) is 5.82 Å². The van der Waals surface area contributed by atoms with Gasteiger partial charge in [0.25, 0.3) is 0 Å². The zero-order chi connectivity index (χ0) is 13.0. The number of anilines is 3. The summed E-state index contributed by atoms with van der Waals surface area (Å²) < 4.78 is 0. The van der Waals surface area contributed by atoms with E-state index in [2.05, 4.69) is 30.5 Å². The molecule has 0 radical (unpaired) electrons. The topological polar surface area (TPSA) is 79.7 Å². The third-order valence-electron chi connectivity index (χ3n) is 2.25. The Balaban J connectivity index is 2.30. The lowest BCUT2D eigenvalue weighted by Crippen LogP contribution is -2.14. The first-order chi connectivity index (χ1) is 8.69. The molecule has 0 atom stereocenters. The number of aromatic nitrogens is 5. The average molecular weight is 245 g/mol. The van der Waals surface area contributed by atoms with E-state index in [0.717, 1.165) is 12.1 Å². The van der Waals surface area contributed by atoms with Crippen LogP contribution in [0.1, 0.15) is 12.6 Å². The molecule has 2 aromatic rings. The molecular weight excluding hydrogens is 230 g/mol. The second-order valence-electron chi connectivity index (χ2n) is 3.88. The second kappa shape index (κ2) is 5.35. The molecule has 18 heavy (non-hydrogen) atoms. The van der Waals surface area contributed by atoms with Crippen molar-refractivity contribution in [3.8, 4) is 0 Å². The van der Waals surface area contributed by atoms with Crippen molar-refractivity contribution < 1.29 is 0 Å². The van der Waals surface area contributed by atoms with E-state index in [4.69, 9.17) is 0 Å². The minimum atomic E-state index is 0.419. The molecule has 0 aromatic carbocycles. The third kappa shape index (κ3) is 2.88. The summed E-state index contributed by atoms with van der Waals surface area (Å²) in [5, 5.41) is 10.6. The van der Waals surface area contributed by atoms with Gasteiger partial charge in [0.15, 0.2) is 0 Å². The van der Waals surface area contributed by atoms with E-state index in [-0.39, 0.29) is 0 Å². The standard InChI is InChI=1S/C11H15N7/c1-4-8-7-9(16-11(14-8)18(2)3)15-10-12-5-6-13-17-10/h5-7H,4H2,1-3H3,(H,12,14,15,16,17). The van der Waals surface area contributed by atoms with Gasteiger partial charge in [0.2, 0.25) is 11.9 Å². The lowest BCUT2D eigenvalue weighted by Gasteiger charge is -2.13. The number of hydrogen-bond acceptors (Lipinski definition) is 7. The summed E-state index contributed by atoms with van der Waals surface area (Å²) in [6.45, 7) is 2.05. The Kier molecular flexibility index (Phi) is 3.61. The van der Waals surface area contributed by atoms with Gasteiger partial charge in [0.05, 0.1) is 12.4 Å². The SMILES string of the molecule is CCc1cc(Nc2nccnn2)nc(N(C)C)n1. The fourth-order valence-corrected chi connectivity index (χ4v) is 1.35. The summed E-state index contributed by atoms with van der Waals surface area (Å²) in [5.41, 5.74) is 0.958. The smallest absolute Gasteiger partial charge is 0.248 e. The van der Waals surface area contributed by atoms with Crippen LogP contribution in [0.15, 0.2) is 18.5 Å². The summed E-state index contributed by atoms with van der Waals surface area (Å²) in [5.74, 6) is 1.74. The molecule has 7 heteroatoms. The highest BCUT2D eigenvalue weighted by atomic mass is 15.3. The maximum atomic E-state index is 4.41. The molecule has 0 saturated carbocycles. The molecule has 0 spiro atoms. The first kappa shape index (κ1) is 12.2. The molecule has 0 aliphatic carbocycles. The Bertz CT molecular complexity index is 512. The van der Waals surface area contributed by atoms with Crippen LogP contribution < -0.4 is 10.2 Å². The number of aryl methyl sites for hydroxylation is 1. The van der Waals surface area contributed by atoms with E-state index in [9.17, 15) is 0 Å². The lowest BCUT2D eigenvalue weighted by molar-refractivity contribution is 0.933. The van der Waals surface area contributed by atoms with Crippen LogP contribution in [0.3, 0.4) is 0 Å². The highest BCUT2D eigenvalue weighted by molar-refractivity contribution is 5.50. The fourth-order valence-electron chi connectivity index (χ4n) is 1.35. The van der Waals surface area contributed by atoms with Crippen molar-refractivity contribution in [2.24, 2.45) is 0 Å². The summed E-state index contributed by atoms with van der Waals surface area (Å²) >= 11 is 0. The molecule has 0 amide bonds. The molecule has 0 fully saturated rings. The molecule has 0 aliphatic heterocycles. The van der Waals surface area contributed by atoms with Crippen molar-refractivity contribution >= 4 is 17.7 Å². The lowest BCUT2D eigenvalue weighted by atomic mass is 10.3. The van der Waals surface area contributed by atoms with Crippen LogP contribution in [-0.2, 0) is 6.42 Å². The van der Waals surface area contributed by atoms with Gasteiger partial charge in [-0.15, -0.1) is 5.10 Å². The van der Waals surface area contributed by atoms with Crippen molar-refractivity contribution in [2.75, 3.05) is 24.3 Å². The predicted molar refractivity (Wildman–Crippen MR) is 68.8 cm³/mol. The van der Waals surface area contributed by atoms with Gasteiger partial charge in [0, 0.05) is 25.9 Å². The van der Waals surface area contributed by atoms with Crippen LogP contribution in [0.5, 0.6) is 0 Å². The van der Waals surface area contributed by atoms with Gasteiger partial charge in [-0.05, 0) is 6.42 Å². The average Bonchev–Trinajstić information content (AvgIpc) is 2.39. The Labute approximate surface area is 105 Å². The molecule has 0 aliphatic rings. The van der Waals surface area contributed by atoms with Gasteiger partial charge >= 0.3 is 0 Å². The second-order valence-corrected chi connectivity index (χ2v) is 3.88. The Morgan fingerprint density at radius 2 is 2.06 bits per heavy atom. The maximum Gasteiger partial charge on any atom is 0.248 e. The number of hydrogen-bond donors (Lipinski definition) is 1. The van der Waals surface area contributed by atoms with E-state index in [1.54, 1.807) is 6.20 Å². The zero-order valence-corrected chi connectivity index (χ0v) is 10.6. The first-order valence-electron chi connectivity index (χ1n) is 5.65. The highest BCUT2D eigenvalue weighted by Crippen LogP contribution is 2.15. The first-order valence-corrected chi connectivity index (χ1v) is 5.65. The van der Waals surface area contributed by atoms with Crippen molar-refractivity contribution in [1.29, 1.82) is 0 Å². The highest BCUT2D eigenvalue weighted by Gasteiger charge is 2.06. The monoisotopic (exact) mass is 245 g/mol. The number of nitrogens with one attached hydrogen (secondary N) is 1. The largest absolute Gasteiger partial charge is 0.347 e. The van der Waals surface area contributed by atoms with Crippen LogP contribution in [0.2, 0.25) is 0 Å². The van der Waals surface area contributed by atoms with E-state index in [0.29, 0.717) is 17.7 Å². The van der Waals surface area contributed by atoms with Gasteiger partial charge < -0.3 is 10.2 Å². The molecule has 7 nitrogen and oxygen atoms in total. The zero-order valence-electron chi connectivity index (χ0n) is 10.6. The molecule has 2 aromatic heterocycles. The van der Waals surface area contributed by atoms with Crippen LogP contribution in [0.4, 0.5) is 17.7 Å². The van der Waals surface area contributed by atoms with Crippen LogP contribution in [0.25, 0.3) is 0 Å². The molecule has 2 rings (SSSR count). The van der Waals surface area contributed by atoms with Crippen molar-refractivity contribution in [3.05, 3.63) is 24.2 Å². The number of rotatable bonds is 4. The van der Waals surface area contributed by atoms with Crippen molar-refractivity contribution in [1.82, 2.24) is 25.1 Å². The van der Waals surface area contributed by atoms with E-state index in [1.165, 1.54) is 6.20 Å². The fraction of sp³-hybridized carbons (Fsp3) is 0.364. The van der Waals surface area contributed by atoms with Gasteiger partial charge in [-0.1, -0.05) is 6.92 Å². The Morgan fingerprint density at radius 1 is 1.22 bits per heavy atom. The molecular formula is C11H15N7. The molecule has 94 valence electrons. The molecule has 0 unspecified atom stereocenters. The summed E-state index contributed by atoms with van der Waals surface area (Å²) in [6.07, 6.45) is 3.93.